The largest absolute Gasteiger partial charge is 0.497 e. The molecular formula is C31H37FO4. The van der Waals surface area contributed by atoms with Crippen LogP contribution in [-0.4, -0.2) is 20.2 Å². The molecule has 0 aliphatic heterocycles. The summed E-state index contributed by atoms with van der Waals surface area (Å²) in [5, 5.41) is 0. The number of methoxy groups -OCH3 is 2. The Hall–Kier alpha value is -3.08. The Bertz CT molecular complexity index is 1130. The van der Waals surface area contributed by atoms with Gasteiger partial charge in [-0.1, -0.05) is 43.2 Å². The minimum Gasteiger partial charge on any atom is -0.497 e. The van der Waals surface area contributed by atoms with Gasteiger partial charge in [0.15, 0.2) is 0 Å². The Labute approximate surface area is 214 Å². The Morgan fingerprint density at radius 1 is 1.08 bits per heavy atom. The molecule has 192 valence electrons. The fourth-order valence-corrected chi connectivity index (χ4v) is 5.22. The summed E-state index contributed by atoms with van der Waals surface area (Å²) in [6.45, 7) is 4.24. The van der Waals surface area contributed by atoms with E-state index < -0.39 is 0 Å². The lowest BCUT2D eigenvalue weighted by molar-refractivity contribution is -0.142. The summed E-state index contributed by atoms with van der Waals surface area (Å²) in [6.07, 6.45) is 8.82. The van der Waals surface area contributed by atoms with Gasteiger partial charge in [-0.3, -0.25) is 4.79 Å². The predicted octanol–water partition coefficient (Wildman–Crippen LogP) is 7.94. The van der Waals surface area contributed by atoms with E-state index in [9.17, 15) is 9.18 Å². The first-order valence-electron chi connectivity index (χ1n) is 13.0. The highest BCUT2D eigenvalue weighted by molar-refractivity contribution is 5.70. The van der Waals surface area contributed by atoms with Crippen molar-refractivity contribution in [2.75, 3.05) is 14.2 Å². The summed E-state index contributed by atoms with van der Waals surface area (Å²) in [5.74, 6) is 1.91. The number of esters is 1. The van der Waals surface area contributed by atoms with E-state index in [0.29, 0.717) is 23.7 Å². The van der Waals surface area contributed by atoms with E-state index in [2.05, 4.69) is 19.9 Å². The number of carbonyl (C=O) groups excluding carboxylic acids is 1. The molecule has 0 bridgehead atoms. The van der Waals surface area contributed by atoms with Gasteiger partial charge >= 0.3 is 5.97 Å². The molecule has 1 saturated carbocycles. The van der Waals surface area contributed by atoms with Crippen LogP contribution in [0.25, 0.3) is 11.1 Å². The molecule has 2 aliphatic carbocycles. The number of allylic oxidation sites excluding steroid dienone is 3. The number of carbonyl (C=O) groups is 1. The highest BCUT2D eigenvalue weighted by atomic mass is 19.1. The molecule has 0 spiro atoms. The van der Waals surface area contributed by atoms with Gasteiger partial charge in [0.1, 0.15) is 23.4 Å². The first-order valence-corrected chi connectivity index (χ1v) is 13.0. The van der Waals surface area contributed by atoms with Crippen molar-refractivity contribution in [3.8, 4) is 16.9 Å². The van der Waals surface area contributed by atoms with E-state index in [1.165, 1.54) is 43.6 Å². The molecule has 0 saturated heterocycles. The van der Waals surface area contributed by atoms with Gasteiger partial charge in [-0.15, -0.1) is 0 Å². The average Bonchev–Trinajstić information content (AvgIpc) is 2.87. The minimum atomic E-state index is -0.277. The summed E-state index contributed by atoms with van der Waals surface area (Å²) in [7, 11) is 3.04. The quantitative estimate of drug-likeness (QED) is 0.316. The van der Waals surface area contributed by atoms with E-state index in [0.717, 1.165) is 36.1 Å². The fraction of sp³-hybridized carbons (Fsp3) is 0.452. The van der Waals surface area contributed by atoms with E-state index in [4.69, 9.17) is 14.2 Å². The van der Waals surface area contributed by atoms with Gasteiger partial charge in [0, 0.05) is 5.56 Å². The molecule has 2 aromatic carbocycles. The van der Waals surface area contributed by atoms with Crippen LogP contribution in [0.15, 0.2) is 65.4 Å². The van der Waals surface area contributed by atoms with E-state index >= 15 is 0 Å². The van der Waals surface area contributed by atoms with Gasteiger partial charge in [0.05, 0.1) is 20.6 Å². The molecule has 36 heavy (non-hydrogen) atoms. The minimum absolute atomic E-state index is 0.113. The number of benzene rings is 2. The van der Waals surface area contributed by atoms with Crippen LogP contribution in [0, 0.1) is 17.7 Å². The molecule has 2 unspecified atom stereocenters. The maximum Gasteiger partial charge on any atom is 0.306 e. The molecule has 5 heteroatoms. The molecule has 2 aliphatic rings. The van der Waals surface area contributed by atoms with Crippen molar-refractivity contribution < 1.29 is 23.4 Å². The van der Waals surface area contributed by atoms with Crippen LogP contribution in [0.1, 0.15) is 70.5 Å². The maximum atomic E-state index is 14.4. The smallest absolute Gasteiger partial charge is 0.306 e. The second kappa shape index (κ2) is 11.8. The van der Waals surface area contributed by atoms with Crippen LogP contribution in [0.4, 0.5) is 4.39 Å². The van der Waals surface area contributed by atoms with Gasteiger partial charge in [-0.2, -0.15) is 0 Å². The SMILES string of the molecule is CCC(OC1=C(C)CCC(C(CC(=O)OC)C2CCC2)=C1)c1ccc(-c2cc(OC)ccc2F)cc1. The summed E-state index contributed by atoms with van der Waals surface area (Å²) < 4.78 is 31.3. The number of hydrogen-bond acceptors (Lipinski definition) is 4. The van der Waals surface area contributed by atoms with Gasteiger partial charge < -0.3 is 14.2 Å². The zero-order valence-electron chi connectivity index (χ0n) is 21.8. The topological polar surface area (TPSA) is 44.8 Å². The number of hydrogen-bond donors (Lipinski definition) is 0. The highest BCUT2D eigenvalue weighted by Crippen LogP contribution is 2.43. The zero-order chi connectivity index (χ0) is 25.7. The number of ether oxygens (including phenoxy) is 3. The molecule has 4 nitrogen and oxygen atoms in total. The van der Waals surface area contributed by atoms with Crippen molar-refractivity contribution in [1.82, 2.24) is 0 Å². The van der Waals surface area contributed by atoms with Crippen LogP contribution >= 0.6 is 0 Å². The third kappa shape index (κ3) is 5.83. The van der Waals surface area contributed by atoms with Gasteiger partial charge in [0.25, 0.3) is 0 Å². The van der Waals surface area contributed by atoms with Crippen molar-refractivity contribution in [2.45, 2.75) is 64.9 Å². The van der Waals surface area contributed by atoms with E-state index in [-0.39, 0.29) is 23.8 Å². The van der Waals surface area contributed by atoms with Gasteiger partial charge in [0.2, 0.25) is 0 Å². The standard InChI is InChI=1S/C31H37FO4/c1-5-29(23-13-11-22(12-14-23)27-18-25(34-3)15-16-28(27)32)36-30-17-24(10-9-20(30)2)26(19-31(33)35-4)21-7-6-8-21/h11-18,21,26,29H,5-10,19H2,1-4H3. The van der Waals surface area contributed by atoms with E-state index in [1.807, 2.05) is 24.3 Å². The van der Waals surface area contributed by atoms with Crippen LogP contribution in [0.3, 0.4) is 0 Å². The molecule has 2 aromatic rings. The summed E-state index contributed by atoms with van der Waals surface area (Å²) in [5.41, 5.74) is 4.91. The molecule has 1 fully saturated rings. The lowest BCUT2D eigenvalue weighted by atomic mass is 9.69. The number of halogens is 1. The summed E-state index contributed by atoms with van der Waals surface area (Å²) in [6, 6.07) is 12.7. The second-order valence-electron chi connectivity index (χ2n) is 9.92. The lowest BCUT2D eigenvalue weighted by Crippen LogP contribution is -2.27. The Morgan fingerprint density at radius 3 is 2.44 bits per heavy atom. The number of rotatable bonds is 10. The molecule has 0 N–H and O–H groups in total. The highest BCUT2D eigenvalue weighted by Gasteiger charge is 2.33. The molecule has 4 rings (SSSR count). The second-order valence-corrected chi connectivity index (χ2v) is 9.92. The third-order valence-electron chi connectivity index (χ3n) is 7.74. The van der Waals surface area contributed by atoms with Crippen molar-refractivity contribution >= 4 is 5.97 Å². The van der Waals surface area contributed by atoms with Crippen molar-refractivity contribution in [3.63, 3.8) is 0 Å². The predicted molar refractivity (Wildman–Crippen MR) is 140 cm³/mol. The summed E-state index contributed by atoms with van der Waals surface area (Å²) in [4.78, 5) is 12.1. The summed E-state index contributed by atoms with van der Waals surface area (Å²) >= 11 is 0. The molecule has 0 heterocycles. The monoisotopic (exact) mass is 492 g/mol. The van der Waals surface area contributed by atoms with Crippen LogP contribution in [0.2, 0.25) is 0 Å². The van der Waals surface area contributed by atoms with Crippen LogP contribution in [-0.2, 0) is 14.3 Å². The van der Waals surface area contributed by atoms with Gasteiger partial charge in [-0.25, -0.2) is 4.39 Å². The molecular weight excluding hydrogens is 455 g/mol. The van der Waals surface area contributed by atoms with E-state index in [1.54, 1.807) is 19.2 Å². The zero-order valence-corrected chi connectivity index (χ0v) is 21.8. The molecule has 0 aromatic heterocycles. The first kappa shape index (κ1) is 26.0. The molecule has 0 amide bonds. The fourth-order valence-electron chi connectivity index (χ4n) is 5.22. The average molecular weight is 493 g/mol. The Morgan fingerprint density at radius 2 is 1.83 bits per heavy atom. The van der Waals surface area contributed by atoms with Crippen LogP contribution < -0.4 is 4.74 Å². The molecule has 0 radical (unpaired) electrons. The first-order chi connectivity index (χ1) is 17.4. The van der Waals surface area contributed by atoms with Crippen molar-refractivity contribution in [1.29, 1.82) is 0 Å². The normalized spacial score (nSPS) is 17.6. The van der Waals surface area contributed by atoms with Gasteiger partial charge in [-0.05, 0) is 91.8 Å². The van der Waals surface area contributed by atoms with Crippen molar-refractivity contribution in [2.24, 2.45) is 11.8 Å². The Balaban J connectivity index is 1.53. The van der Waals surface area contributed by atoms with Crippen LogP contribution in [0.5, 0.6) is 5.75 Å². The molecule has 2 atom stereocenters. The third-order valence-corrected chi connectivity index (χ3v) is 7.74. The maximum absolute atomic E-state index is 14.4. The van der Waals surface area contributed by atoms with Crippen molar-refractivity contribution in [3.05, 3.63) is 76.8 Å². The lowest BCUT2D eigenvalue weighted by Gasteiger charge is -2.36. The Kier molecular flexibility index (Phi) is 8.50.